The molecule has 0 radical (unpaired) electrons. The topological polar surface area (TPSA) is 133 Å². The Labute approximate surface area is 243 Å². The average molecular weight is 597 g/mol. The van der Waals surface area contributed by atoms with Crippen molar-refractivity contribution in [2.45, 2.75) is 12.1 Å². The van der Waals surface area contributed by atoms with Crippen LogP contribution in [0.1, 0.15) is 44.4 Å². The van der Waals surface area contributed by atoms with Crippen LogP contribution in [0.2, 0.25) is 5.02 Å². The molecule has 0 spiro atoms. The number of fused-ring (bicyclic) bond motifs is 2. The molecule has 2 aromatic carbocycles. The maximum Gasteiger partial charge on any atom is 0.287 e. The Morgan fingerprint density at radius 1 is 1.17 bits per heavy atom. The molecule has 0 bridgehead atoms. The molecule has 4 N–H and O–H groups in total. The second-order valence-electron chi connectivity index (χ2n) is 9.77. The largest absolute Gasteiger partial charge is 0.352 e. The van der Waals surface area contributed by atoms with Crippen molar-refractivity contribution >= 4 is 56.8 Å². The summed E-state index contributed by atoms with van der Waals surface area (Å²) in [5, 5.41) is 12.5. The van der Waals surface area contributed by atoms with Gasteiger partial charge in [-0.25, -0.2) is 9.37 Å². The number of rotatable bonds is 6. The van der Waals surface area contributed by atoms with Crippen LogP contribution in [0.15, 0.2) is 42.5 Å². The van der Waals surface area contributed by atoms with E-state index in [1.54, 1.807) is 10.6 Å². The smallest absolute Gasteiger partial charge is 0.287 e. The fourth-order valence-corrected chi connectivity index (χ4v) is 6.30. The van der Waals surface area contributed by atoms with Crippen LogP contribution >= 0.6 is 23.1 Å². The number of hydrogen-bond acceptors (Lipinski definition) is 8. The lowest BCUT2D eigenvalue weighted by Gasteiger charge is -2.37. The minimum atomic E-state index is -1.00. The first-order valence-corrected chi connectivity index (χ1v) is 14.2. The lowest BCUT2D eigenvalue weighted by Crippen LogP contribution is -2.51. The molecule has 0 saturated carbocycles. The van der Waals surface area contributed by atoms with Gasteiger partial charge in [-0.15, -0.1) is 0 Å². The summed E-state index contributed by atoms with van der Waals surface area (Å²) in [7, 11) is 1.46. The molecule has 2 aromatic heterocycles. The predicted octanol–water partition coefficient (Wildman–Crippen LogP) is 2.56. The van der Waals surface area contributed by atoms with Gasteiger partial charge in [-0.3, -0.25) is 19.3 Å². The molecule has 0 aliphatic carbocycles. The fraction of sp³-hybridized carbons (Fsp3) is 0.296. The second kappa shape index (κ2) is 11.2. The molecular formula is C27H26ClFN8O3S. The Hall–Kier alpha value is -3.91. The highest BCUT2D eigenvalue weighted by Crippen LogP contribution is 2.39. The standard InChI is InChI=1S/C27H26ClFN8O3S/c1-30-27(40)24-33-23(34-26(39)21-15-4-2-3-5-19(15)41-35-21)22-20(16-12-14(29)6-7-17(16)28)32-25(38)18(37(22)24)13-36-10-8-31-9-11-36/h2-7,12,18,20,31H,8-11,13H2,1H3,(H,30,40)(H,32,38)(H,34,39)/t18-,20+/m1/s1. The molecular weight excluding hydrogens is 571 g/mol. The van der Waals surface area contributed by atoms with E-state index in [4.69, 9.17) is 11.6 Å². The molecule has 11 nitrogen and oxygen atoms in total. The maximum atomic E-state index is 14.4. The monoisotopic (exact) mass is 596 g/mol. The van der Waals surface area contributed by atoms with Crippen LogP contribution in [0, 0.1) is 5.82 Å². The zero-order valence-corrected chi connectivity index (χ0v) is 23.5. The molecule has 1 saturated heterocycles. The molecule has 2 aliphatic heterocycles. The van der Waals surface area contributed by atoms with E-state index in [9.17, 15) is 18.8 Å². The number of piperazine rings is 1. The summed E-state index contributed by atoms with van der Waals surface area (Å²) in [6, 6.07) is 9.32. The summed E-state index contributed by atoms with van der Waals surface area (Å²) in [6.45, 7) is 3.25. The van der Waals surface area contributed by atoms with Gasteiger partial charge in [0.1, 0.15) is 17.6 Å². The van der Waals surface area contributed by atoms with E-state index < -0.39 is 29.7 Å². The van der Waals surface area contributed by atoms with Crippen LogP contribution in [0.25, 0.3) is 10.1 Å². The predicted molar refractivity (Wildman–Crippen MR) is 153 cm³/mol. The van der Waals surface area contributed by atoms with Crippen LogP contribution in [0.4, 0.5) is 10.2 Å². The Balaban J connectivity index is 1.50. The van der Waals surface area contributed by atoms with E-state index in [-0.39, 0.29) is 33.8 Å². The molecule has 4 aromatic rings. The van der Waals surface area contributed by atoms with Crippen LogP contribution in [-0.2, 0) is 4.79 Å². The van der Waals surface area contributed by atoms with Crippen LogP contribution in [-0.4, -0.2) is 76.3 Å². The number of benzene rings is 2. The third kappa shape index (κ3) is 5.05. The number of anilines is 1. The first kappa shape index (κ1) is 27.3. The number of hydrogen-bond donors (Lipinski definition) is 4. The molecule has 4 heterocycles. The molecule has 6 rings (SSSR count). The van der Waals surface area contributed by atoms with Crippen molar-refractivity contribution in [3.05, 3.63) is 76.1 Å². The van der Waals surface area contributed by atoms with Crippen molar-refractivity contribution < 1.29 is 18.8 Å². The van der Waals surface area contributed by atoms with Crippen LogP contribution in [0.5, 0.6) is 0 Å². The number of carbonyl (C=O) groups is 3. The zero-order valence-electron chi connectivity index (χ0n) is 21.9. The van der Waals surface area contributed by atoms with E-state index >= 15 is 0 Å². The number of aromatic nitrogens is 3. The summed E-state index contributed by atoms with van der Waals surface area (Å²) in [6.07, 6.45) is 0. The third-order valence-electron chi connectivity index (χ3n) is 7.29. The van der Waals surface area contributed by atoms with Crippen molar-refractivity contribution in [1.29, 1.82) is 0 Å². The first-order valence-electron chi connectivity index (χ1n) is 13.0. The van der Waals surface area contributed by atoms with Crippen molar-refractivity contribution in [2.24, 2.45) is 0 Å². The number of amides is 3. The number of nitrogens with zero attached hydrogens (tertiary/aromatic N) is 4. The van der Waals surface area contributed by atoms with Gasteiger partial charge in [0.05, 0.1) is 16.4 Å². The first-order chi connectivity index (χ1) is 19.9. The van der Waals surface area contributed by atoms with Gasteiger partial charge in [0, 0.05) is 55.7 Å². The summed E-state index contributed by atoms with van der Waals surface area (Å²) in [5.74, 6) is -2.04. The quantitative estimate of drug-likeness (QED) is 0.269. The molecule has 212 valence electrons. The van der Waals surface area contributed by atoms with Gasteiger partial charge in [0.25, 0.3) is 11.8 Å². The van der Waals surface area contributed by atoms with Crippen molar-refractivity contribution in [3.63, 3.8) is 0 Å². The average Bonchev–Trinajstić information content (AvgIpc) is 3.58. The van der Waals surface area contributed by atoms with E-state index in [0.29, 0.717) is 30.7 Å². The van der Waals surface area contributed by atoms with Crippen molar-refractivity contribution in [1.82, 2.24) is 34.8 Å². The van der Waals surface area contributed by atoms with Gasteiger partial charge in [-0.2, -0.15) is 4.37 Å². The Bertz CT molecular complexity index is 1670. The molecule has 1 fully saturated rings. The molecule has 14 heteroatoms. The molecule has 41 heavy (non-hydrogen) atoms. The van der Waals surface area contributed by atoms with Gasteiger partial charge in [0.15, 0.2) is 5.82 Å². The maximum absolute atomic E-state index is 14.4. The highest BCUT2D eigenvalue weighted by Gasteiger charge is 2.42. The van der Waals surface area contributed by atoms with Crippen LogP contribution in [0.3, 0.4) is 0 Å². The van der Waals surface area contributed by atoms with Gasteiger partial charge in [0.2, 0.25) is 11.7 Å². The highest BCUT2D eigenvalue weighted by molar-refractivity contribution is 7.13. The van der Waals surface area contributed by atoms with Gasteiger partial charge in [-0.05, 0) is 35.8 Å². The summed E-state index contributed by atoms with van der Waals surface area (Å²) in [4.78, 5) is 47.0. The third-order valence-corrected chi connectivity index (χ3v) is 8.46. The Morgan fingerprint density at radius 3 is 2.73 bits per heavy atom. The van der Waals surface area contributed by atoms with Gasteiger partial charge in [-0.1, -0.05) is 29.8 Å². The second-order valence-corrected chi connectivity index (χ2v) is 11.0. The van der Waals surface area contributed by atoms with E-state index in [2.05, 4.69) is 35.5 Å². The molecule has 2 aliphatic rings. The molecule has 0 unspecified atom stereocenters. The zero-order chi connectivity index (χ0) is 28.7. The normalized spacial score (nSPS) is 19.0. The highest BCUT2D eigenvalue weighted by atomic mass is 35.5. The van der Waals surface area contributed by atoms with Crippen molar-refractivity contribution in [3.8, 4) is 0 Å². The minimum absolute atomic E-state index is 0.0429. The van der Waals surface area contributed by atoms with Gasteiger partial charge >= 0.3 is 0 Å². The Morgan fingerprint density at radius 2 is 1.95 bits per heavy atom. The number of nitrogens with one attached hydrogen (secondary N) is 4. The van der Waals surface area contributed by atoms with Gasteiger partial charge < -0.3 is 25.8 Å². The number of carbonyl (C=O) groups excluding carboxylic acids is 3. The number of imidazole rings is 1. The summed E-state index contributed by atoms with van der Waals surface area (Å²) < 4.78 is 21.2. The summed E-state index contributed by atoms with van der Waals surface area (Å²) >= 11 is 7.69. The fourth-order valence-electron chi connectivity index (χ4n) is 5.30. The summed E-state index contributed by atoms with van der Waals surface area (Å²) in [5.41, 5.74) is 0.773. The Kier molecular flexibility index (Phi) is 7.43. The van der Waals surface area contributed by atoms with E-state index in [0.717, 1.165) is 17.8 Å². The molecule has 3 amide bonds. The lowest BCUT2D eigenvalue weighted by molar-refractivity contribution is -0.126. The SMILES string of the molecule is CNC(=O)c1nc(NC(=O)c2nsc3ccccc23)c2n1[C@H](CN1CCNCC1)C(=O)N[C@H]2c1cc(F)ccc1Cl. The van der Waals surface area contributed by atoms with E-state index in [1.165, 1.54) is 36.8 Å². The van der Waals surface area contributed by atoms with Crippen molar-refractivity contribution in [2.75, 3.05) is 45.1 Å². The minimum Gasteiger partial charge on any atom is -0.352 e. The number of halogens is 2. The van der Waals surface area contributed by atoms with Crippen LogP contribution < -0.4 is 21.3 Å². The molecule has 2 atom stereocenters. The lowest BCUT2D eigenvalue weighted by atomic mass is 9.98. The van der Waals surface area contributed by atoms with E-state index in [1.807, 2.05) is 18.2 Å².